The minimum Gasteiger partial charge on any atom is -0.326 e. The molecule has 35 heavy (non-hydrogen) atoms. The van der Waals surface area contributed by atoms with Gasteiger partial charge in [0.05, 0.1) is 0 Å². The highest BCUT2D eigenvalue weighted by atomic mass is 32.1. The summed E-state index contributed by atoms with van der Waals surface area (Å²) in [7, 11) is 0. The molecule has 3 fully saturated rings. The highest BCUT2D eigenvalue weighted by molar-refractivity contribution is 7.15. The first-order valence-corrected chi connectivity index (χ1v) is 13.0. The molecule has 4 aromatic rings. The Morgan fingerprint density at radius 1 is 1.20 bits per heavy atom. The summed E-state index contributed by atoms with van der Waals surface area (Å²) in [6.45, 7) is 2.64. The summed E-state index contributed by atoms with van der Waals surface area (Å²) >= 11 is 1.47. The summed E-state index contributed by atoms with van der Waals surface area (Å²) < 4.78 is 1.89. The molecule has 11 nitrogen and oxygen atoms in total. The molecule has 3 aliphatic rings. The molecule has 0 radical (unpaired) electrons. The van der Waals surface area contributed by atoms with E-state index < -0.39 is 5.54 Å². The Morgan fingerprint density at radius 3 is 2.89 bits per heavy atom. The fourth-order valence-corrected chi connectivity index (χ4v) is 5.69. The van der Waals surface area contributed by atoms with Gasteiger partial charge in [-0.25, -0.2) is 0 Å². The summed E-state index contributed by atoms with van der Waals surface area (Å²) in [5.74, 6) is 2.83. The first-order chi connectivity index (χ1) is 17.1. The van der Waals surface area contributed by atoms with E-state index in [-0.39, 0.29) is 5.91 Å². The van der Waals surface area contributed by atoms with Gasteiger partial charge in [-0.2, -0.15) is 15.1 Å². The highest BCUT2D eigenvalue weighted by Gasteiger charge is 2.45. The van der Waals surface area contributed by atoms with E-state index in [1.807, 2.05) is 40.6 Å². The third-order valence-electron chi connectivity index (χ3n) is 7.19. The van der Waals surface area contributed by atoms with Crippen molar-refractivity contribution in [2.45, 2.75) is 62.8 Å². The van der Waals surface area contributed by atoms with Crippen molar-refractivity contribution in [3.05, 3.63) is 35.1 Å². The van der Waals surface area contributed by atoms with Crippen LogP contribution in [-0.4, -0.2) is 52.8 Å². The fraction of sp³-hybridized carbons (Fsp3) is 0.478. The topological polar surface area (TPSA) is 129 Å². The minimum atomic E-state index is -0.793. The number of hydrogen-bond donors (Lipinski definition) is 3. The van der Waals surface area contributed by atoms with Gasteiger partial charge in [-0.05, 0) is 57.6 Å². The first-order valence-electron chi connectivity index (χ1n) is 12.2. The van der Waals surface area contributed by atoms with Crippen molar-refractivity contribution in [1.29, 1.82) is 0 Å². The van der Waals surface area contributed by atoms with Gasteiger partial charge >= 0.3 is 0 Å². The molecule has 5 heterocycles. The summed E-state index contributed by atoms with van der Waals surface area (Å²) in [6, 6.07) is 5.91. The average molecular weight is 491 g/mol. The van der Waals surface area contributed by atoms with Crippen molar-refractivity contribution in [3.63, 3.8) is 0 Å². The summed E-state index contributed by atoms with van der Waals surface area (Å²) in [5.41, 5.74) is 1.11. The summed E-state index contributed by atoms with van der Waals surface area (Å²) in [5, 5.41) is 23.9. The molecule has 0 aromatic carbocycles. The zero-order valence-electron chi connectivity index (χ0n) is 19.4. The van der Waals surface area contributed by atoms with Crippen LogP contribution in [0.5, 0.6) is 0 Å². The van der Waals surface area contributed by atoms with E-state index in [4.69, 9.17) is 9.97 Å². The summed E-state index contributed by atoms with van der Waals surface area (Å²) in [4.78, 5) is 25.1. The molecule has 7 rings (SSSR count). The van der Waals surface area contributed by atoms with Crippen LogP contribution in [0.15, 0.2) is 24.4 Å². The number of rotatable bonds is 7. The molecule has 0 unspecified atom stereocenters. The number of fused-ring (bicyclic) bond motifs is 1. The Bertz CT molecular complexity index is 1420. The Hall–Kier alpha value is -3.54. The first kappa shape index (κ1) is 20.8. The van der Waals surface area contributed by atoms with Gasteiger partial charge in [-0.15, -0.1) is 10.2 Å². The monoisotopic (exact) mass is 490 g/mol. The molecular formula is C23H26N10OS. The van der Waals surface area contributed by atoms with Crippen LogP contribution in [0, 0.1) is 0 Å². The van der Waals surface area contributed by atoms with Crippen LogP contribution in [0.2, 0.25) is 0 Å². The van der Waals surface area contributed by atoms with Crippen molar-refractivity contribution in [2.24, 2.45) is 0 Å². The predicted octanol–water partition coefficient (Wildman–Crippen LogP) is 3.80. The van der Waals surface area contributed by atoms with E-state index >= 15 is 0 Å². The second-order valence-electron chi connectivity index (χ2n) is 9.89. The lowest BCUT2D eigenvalue weighted by atomic mass is 9.98. The lowest BCUT2D eigenvalue weighted by Gasteiger charge is -2.33. The van der Waals surface area contributed by atoms with E-state index in [9.17, 15) is 4.79 Å². The zero-order valence-corrected chi connectivity index (χ0v) is 20.2. The quantitative estimate of drug-likeness (QED) is 0.357. The van der Waals surface area contributed by atoms with Gasteiger partial charge in [0.25, 0.3) is 5.91 Å². The zero-order chi connectivity index (χ0) is 23.6. The normalized spacial score (nSPS) is 22.1. The maximum Gasteiger partial charge on any atom is 0.251 e. The molecular weight excluding hydrogens is 464 g/mol. The van der Waals surface area contributed by atoms with Crippen LogP contribution in [0.1, 0.15) is 68.0 Å². The van der Waals surface area contributed by atoms with E-state index in [0.717, 1.165) is 41.4 Å². The second kappa shape index (κ2) is 7.74. The number of amides is 1. The standard InChI is InChI=1S/C23H26N10OS/c1-23(19(34)26-22-31-30-18(35-22)14-7-8-14)9-3-11-33(23)21-25-17-4-2-10-32(17)20(27-21)24-16-12-15(28-29-16)13-5-6-13/h2,4,10,12-14H,3,5-9,11H2,1H3,(H,26,31,34)(H2,24,25,27,28,29)/t23-/m0/s1. The van der Waals surface area contributed by atoms with E-state index in [2.05, 4.69) is 31.0 Å². The number of carbonyl (C=O) groups is 1. The molecule has 180 valence electrons. The molecule has 1 atom stereocenters. The van der Waals surface area contributed by atoms with Crippen LogP contribution in [0.25, 0.3) is 5.65 Å². The molecule has 12 heteroatoms. The van der Waals surface area contributed by atoms with Crippen LogP contribution in [-0.2, 0) is 4.79 Å². The van der Waals surface area contributed by atoms with Crippen LogP contribution < -0.4 is 15.5 Å². The molecule has 3 N–H and O–H groups in total. The molecule has 0 bridgehead atoms. The van der Waals surface area contributed by atoms with Gasteiger partial charge in [-0.1, -0.05) is 11.3 Å². The Balaban J connectivity index is 1.17. The smallest absolute Gasteiger partial charge is 0.251 e. The Labute approximate surface area is 205 Å². The molecule has 0 spiro atoms. The van der Waals surface area contributed by atoms with Crippen LogP contribution in [0.4, 0.5) is 22.8 Å². The van der Waals surface area contributed by atoms with Gasteiger partial charge < -0.3 is 10.2 Å². The lowest BCUT2D eigenvalue weighted by molar-refractivity contribution is -0.120. The largest absolute Gasteiger partial charge is 0.326 e. The average Bonchev–Trinajstić information content (AvgIpc) is 3.66. The highest BCUT2D eigenvalue weighted by Crippen LogP contribution is 2.42. The van der Waals surface area contributed by atoms with E-state index in [1.165, 1.54) is 24.2 Å². The third kappa shape index (κ3) is 3.72. The van der Waals surface area contributed by atoms with Gasteiger partial charge in [0.1, 0.15) is 16.2 Å². The number of H-pyrrole nitrogens is 1. The van der Waals surface area contributed by atoms with Gasteiger partial charge in [-0.3, -0.25) is 19.6 Å². The van der Waals surface area contributed by atoms with E-state index in [1.54, 1.807) is 0 Å². The number of nitrogens with zero attached hydrogens (tertiary/aromatic N) is 7. The van der Waals surface area contributed by atoms with Crippen molar-refractivity contribution in [1.82, 2.24) is 34.8 Å². The van der Waals surface area contributed by atoms with Crippen molar-refractivity contribution >= 4 is 45.7 Å². The maximum atomic E-state index is 13.5. The molecule has 2 saturated carbocycles. The molecule has 1 saturated heterocycles. The van der Waals surface area contributed by atoms with Gasteiger partial charge in [0.15, 0.2) is 5.82 Å². The van der Waals surface area contributed by atoms with Gasteiger partial charge in [0, 0.05) is 36.3 Å². The van der Waals surface area contributed by atoms with Gasteiger partial charge in [0.2, 0.25) is 17.0 Å². The number of aromatic amines is 1. The molecule has 1 amide bonds. The Morgan fingerprint density at radius 2 is 2.06 bits per heavy atom. The minimum absolute atomic E-state index is 0.108. The maximum absolute atomic E-state index is 13.5. The molecule has 1 aliphatic heterocycles. The van der Waals surface area contributed by atoms with Crippen molar-refractivity contribution < 1.29 is 4.79 Å². The lowest BCUT2D eigenvalue weighted by Crippen LogP contribution is -2.51. The van der Waals surface area contributed by atoms with E-state index in [0.29, 0.717) is 41.8 Å². The number of carbonyl (C=O) groups excluding carboxylic acids is 1. The molecule has 4 aromatic heterocycles. The van der Waals surface area contributed by atoms with Crippen LogP contribution >= 0.6 is 11.3 Å². The second-order valence-corrected chi connectivity index (χ2v) is 10.9. The predicted molar refractivity (Wildman–Crippen MR) is 132 cm³/mol. The molecule has 2 aliphatic carbocycles. The third-order valence-corrected chi connectivity index (χ3v) is 8.19. The van der Waals surface area contributed by atoms with Crippen molar-refractivity contribution in [2.75, 3.05) is 22.1 Å². The summed E-state index contributed by atoms with van der Waals surface area (Å²) in [6.07, 6.45) is 8.21. The fourth-order valence-electron chi connectivity index (χ4n) is 4.78. The number of aromatic nitrogens is 7. The number of nitrogens with one attached hydrogen (secondary N) is 3. The number of hydrogen-bond acceptors (Lipinski definition) is 9. The van der Waals surface area contributed by atoms with Crippen molar-refractivity contribution in [3.8, 4) is 0 Å². The number of anilines is 4. The Kier molecular flexibility index (Phi) is 4.60. The van der Waals surface area contributed by atoms with Crippen LogP contribution in [0.3, 0.4) is 0 Å². The SMILES string of the molecule is C[C@@]1(C(=O)Nc2nnc(C3CC3)s2)CCCN1c1nc(Nc2cc(C3CC3)[nH]n2)n2cccc2n1.